The summed E-state index contributed by atoms with van der Waals surface area (Å²) in [7, 11) is 1.66. The fraction of sp³-hybridized carbons (Fsp3) is 0.467. The zero-order valence-electron chi connectivity index (χ0n) is 11.3. The molecule has 4 nitrogen and oxygen atoms in total. The third kappa shape index (κ3) is 2.94. The number of amides is 1. The number of nitriles is 1. The summed E-state index contributed by atoms with van der Waals surface area (Å²) in [5.41, 5.74) is 1.93. The number of hydrogen-bond donors (Lipinski definition) is 1. The molecule has 1 fully saturated rings. The van der Waals surface area contributed by atoms with Crippen LogP contribution in [0.3, 0.4) is 0 Å². The standard InChI is InChI=1S/C15H18N2O2/c1-11-4-5-12(10-16)8-13(11)17-14(18)9-15(19-2)6-3-7-15/h4-5,8H,3,6-7,9H2,1-2H3,(H,17,18). The number of hydrogen-bond acceptors (Lipinski definition) is 3. The van der Waals surface area contributed by atoms with Gasteiger partial charge in [0, 0.05) is 12.8 Å². The van der Waals surface area contributed by atoms with Crippen LogP contribution in [0.1, 0.15) is 36.8 Å². The highest BCUT2D eigenvalue weighted by Crippen LogP contribution is 2.38. The average Bonchev–Trinajstić information content (AvgIpc) is 2.36. The van der Waals surface area contributed by atoms with Crippen LogP contribution in [0.5, 0.6) is 0 Å². The van der Waals surface area contributed by atoms with E-state index in [1.165, 1.54) is 0 Å². The van der Waals surface area contributed by atoms with Gasteiger partial charge in [-0.2, -0.15) is 5.26 Å². The Morgan fingerprint density at radius 1 is 1.53 bits per heavy atom. The summed E-state index contributed by atoms with van der Waals surface area (Å²) in [4.78, 5) is 12.1. The molecule has 1 N–H and O–H groups in total. The number of methoxy groups -OCH3 is 1. The zero-order chi connectivity index (χ0) is 13.9. The Kier molecular flexibility index (Phi) is 3.87. The maximum atomic E-state index is 12.1. The van der Waals surface area contributed by atoms with Crippen molar-refractivity contribution < 1.29 is 9.53 Å². The van der Waals surface area contributed by atoms with Crippen molar-refractivity contribution in [2.45, 2.75) is 38.2 Å². The van der Waals surface area contributed by atoms with Crippen molar-refractivity contribution in [3.05, 3.63) is 29.3 Å². The minimum atomic E-state index is -0.273. The summed E-state index contributed by atoms with van der Waals surface area (Å²) in [6.07, 6.45) is 3.37. The van der Waals surface area contributed by atoms with Crippen LogP contribution in [0.4, 0.5) is 5.69 Å². The fourth-order valence-corrected chi connectivity index (χ4v) is 2.34. The van der Waals surface area contributed by atoms with E-state index in [0.29, 0.717) is 17.7 Å². The van der Waals surface area contributed by atoms with Crippen LogP contribution in [0.15, 0.2) is 18.2 Å². The van der Waals surface area contributed by atoms with E-state index in [1.54, 1.807) is 19.2 Å². The van der Waals surface area contributed by atoms with Crippen LogP contribution in [-0.4, -0.2) is 18.6 Å². The van der Waals surface area contributed by atoms with Gasteiger partial charge in [0.2, 0.25) is 5.91 Å². The summed E-state index contributed by atoms with van der Waals surface area (Å²) < 4.78 is 5.44. The minimum Gasteiger partial charge on any atom is -0.378 e. The van der Waals surface area contributed by atoms with Gasteiger partial charge >= 0.3 is 0 Å². The molecule has 4 heteroatoms. The first-order valence-corrected chi connectivity index (χ1v) is 6.44. The van der Waals surface area contributed by atoms with Crippen LogP contribution >= 0.6 is 0 Å². The molecule has 0 bridgehead atoms. The van der Waals surface area contributed by atoms with Crippen LogP contribution in [-0.2, 0) is 9.53 Å². The smallest absolute Gasteiger partial charge is 0.227 e. The molecule has 0 unspecified atom stereocenters. The fourth-order valence-electron chi connectivity index (χ4n) is 2.34. The molecule has 1 saturated carbocycles. The number of rotatable bonds is 4. The van der Waals surface area contributed by atoms with Gasteiger partial charge in [0.15, 0.2) is 0 Å². The van der Waals surface area contributed by atoms with Gasteiger partial charge in [0.25, 0.3) is 0 Å². The van der Waals surface area contributed by atoms with Crippen molar-refractivity contribution in [1.82, 2.24) is 0 Å². The quantitative estimate of drug-likeness (QED) is 0.903. The lowest BCUT2D eigenvalue weighted by Crippen LogP contribution is -2.42. The number of carbonyl (C=O) groups is 1. The van der Waals surface area contributed by atoms with Gasteiger partial charge in [-0.05, 0) is 43.9 Å². The Morgan fingerprint density at radius 2 is 2.26 bits per heavy atom. The first kappa shape index (κ1) is 13.6. The number of aryl methyl sites for hydroxylation is 1. The summed E-state index contributed by atoms with van der Waals surface area (Å²) in [5.74, 6) is -0.0558. The van der Waals surface area contributed by atoms with E-state index < -0.39 is 0 Å². The Bertz CT molecular complexity index is 522. The maximum Gasteiger partial charge on any atom is 0.227 e. The Balaban J connectivity index is 2.05. The van der Waals surface area contributed by atoms with Crippen molar-refractivity contribution >= 4 is 11.6 Å². The van der Waals surface area contributed by atoms with E-state index in [0.717, 1.165) is 24.8 Å². The summed E-state index contributed by atoms with van der Waals surface area (Å²) >= 11 is 0. The van der Waals surface area contributed by atoms with Crippen molar-refractivity contribution in [2.24, 2.45) is 0 Å². The minimum absolute atomic E-state index is 0.0558. The lowest BCUT2D eigenvalue weighted by Gasteiger charge is -2.39. The second-order valence-corrected chi connectivity index (χ2v) is 5.11. The molecule has 1 aromatic rings. The monoisotopic (exact) mass is 258 g/mol. The van der Waals surface area contributed by atoms with Gasteiger partial charge in [-0.1, -0.05) is 6.07 Å². The SMILES string of the molecule is COC1(CC(=O)Nc2cc(C#N)ccc2C)CCC1. The average molecular weight is 258 g/mol. The summed E-state index contributed by atoms with van der Waals surface area (Å²) in [6.45, 7) is 1.91. The predicted molar refractivity (Wildman–Crippen MR) is 72.7 cm³/mol. The Hall–Kier alpha value is -1.86. The molecule has 1 aromatic carbocycles. The molecule has 0 radical (unpaired) electrons. The van der Waals surface area contributed by atoms with Crippen molar-refractivity contribution in [1.29, 1.82) is 5.26 Å². The lowest BCUT2D eigenvalue weighted by atomic mass is 9.77. The largest absolute Gasteiger partial charge is 0.378 e. The van der Waals surface area contributed by atoms with E-state index in [9.17, 15) is 4.79 Å². The van der Waals surface area contributed by atoms with E-state index in [2.05, 4.69) is 11.4 Å². The molecule has 1 aliphatic carbocycles. The topological polar surface area (TPSA) is 62.1 Å². The highest BCUT2D eigenvalue weighted by atomic mass is 16.5. The van der Waals surface area contributed by atoms with Crippen LogP contribution in [0.2, 0.25) is 0 Å². The maximum absolute atomic E-state index is 12.1. The Labute approximate surface area is 113 Å². The summed E-state index contributed by atoms with van der Waals surface area (Å²) in [6, 6.07) is 7.36. The lowest BCUT2D eigenvalue weighted by molar-refractivity contribution is -0.129. The second-order valence-electron chi connectivity index (χ2n) is 5.11. The molecule has 0 aliphatic heterocycles. The zero-order valence-corrected chi connectivity index (χ0v) is 11.3. The highest BCUT2D eigenvalue weighted by molar-refractivity contribution is 5.92. The molecule has 100 valence electrons. The molecular weight excluding hydrogens is 240 g/mol. The third-order valence-corrected chi connectivity index (χ3v) is 3.82. The molecule has 1 amide bonds. The first-order valence-electron chi connectivity index (χ1n) is 6.44. The first-order chi connectivity index (χ1) is 9.08. The molecule has 0 atom stereocenters. The van der Waals surface area contributed by atoms with Gasteiger partial charge in [-0.3, -0.25) is 4.79 Å². The number of benzene rings is 1. The van der Waals surface area contributed by atoms with Gasteiger partial charge in [0.1, 0.15) is 0 Å². The third-order valence-electron chi connectivity index (χ3n) is 3.82. The van der Waals surface area contributed by atoms with Crippen LogP contribution < -0.4 is 5.32 Å². The van der Waals surface area contributed by atoms with E-state index in [1.807, 2.05) is 13.0 Å². The molecule has 0 aromatic heterocycles. The van der Waals surface area contributed by atoms with E-state index in [-0.39, 0.29) is 11.5 Å². The predicted octanol–water partition coefficient (Wildman–Crippen LogP) is 2.76. The molecular formula is C15H18N2O2. The van der Waals surface area contributed by atoms with Crippen LogP contribution in [0.25, 0.3) is 0 Å². The molecule has 2 rings (SSSR count). The normalized spacial score (nSPS) is 16.3. The van der Waals surface area contributed by atoms with Crippen LogP contribution in [0, 0.1) is 18.3 Å². The van der Waals surface area contributed by atoms with E-state index >= 15 is 0 Å². The number of carbonyl (C=O) groups excluding carboxylic acids is 1. The highest BCUT2D eigenvalue weighted by Gasteiger charge is 2.39. The van der Waals surface area contributed by atoms with Gasteiger partial charge in [-0.25, -0.2) is 0 Å². The summed E-state index contributed by atoms with van der Waals surface area (Å²) in [5, 5.41) is 11.7. The molecule has 1 aliphatic rings. The Morgan fingerprint density at radius 3 is 2.79 bits per heavy atom. The van der Waals surface area contributed by atoms with Crippen molar-refractivity contribution in [3.63, 3.8) is 0 Å². The number of nitrogens with one attached hydrogen (secondary N) is 1. The molecule has 0 saturated heterocycles. The van der Waals surface area contributed by atoms with Gasteiger partial charge < -0.3 is 10.1 Å². The molecule has 0 spiro atoms. The molecule has 0 heterocycles. The van der Waals surface area contributed by atoms with Gasteiger partial charge in [-0.15, -0.1) is 0 Å². The number of ether oxygens (including phenoxy) is 1. The van der Waals surface area contributed by atoms with Crippen molar-refractivity contribution in [3.8, 4) is 6.07 Å². The number of nitrogens with zero attached hydrogens (tertiary/aromatic N) is 1. The number of anilines is 1. The van der Waals surface area contributed by atoms with Gasteiger partial charge in [0.05, 0.1) is 23.7 Å². The van der Waals surface area contributed by atoms with E-state index in [4.69, 9.17) is 10.00 Å². The van der Waals surface area contributed by atoms with Crippen molar-refractivity contribution in [2.75, 3.05) is 12.4 Å². The molecule has 19 heavy (non-hydrogen) atoms. The second kappa shape index (κ2) is 5.41.